The summed E-state index contributed by atoms with van der Waals surface area (Å²) in [5.41, 5.74) is 7.18. The van der Waals surface area contributed by atoms with E-state index in [2.05, 4.69) is 10.3 Å². The van der Waals surface area contributed by atoms with Crippen LogP contribution in [-0.4, -0.2) is 46.9 Å². The second-order valence-corrected chi connectivity index (χ2v) is 10.0. The van der Waals surface area contributed by atoms with Crippen LogP contribution in [-0.2, 0) is 16.0 Å². The van der Waals surface area contributed by atoms with E-state index in [-0.39, 0.29) is 24.3 Å². The Labute approximate surface area is 210 Å². The van der Waals surface area contributed by atoms with Crippen molar-refractivity contribution in [3.63, 3.8) is 0 Å². The molecule has 3 atom stereocenters. The molecule has 3 N–H and O–H groups in total. The molecular weight excluding hydrogens is 466 g/mol. The number of hydrogen-bond acceptors (Lipinski definition) is 5. The molecule has 1 saturated carbocycles. The molecule has 1 aromatic carbocycles. The minimum absolute atomic E-state index is 0.0731. The second kappa shape index (κ2) is 10.6. The third-order valence-electron chi connectivity index (χ3n) is 7.22. The molecule has 0 radical (unpaired) electrons. The molecular formula is C26H32ClN5O3. The topological polar surface area (TPSA) is 109 Å². The molecule has 35 heavy (non-hydrogen) atoms. The van der Waals surface area contributed by atoms with E-state index in [9.17, 15) is 14.4 Å². The minimum atomic E-state index is -0.931. The Morgan fingerprint density at radius 1 is 1.23 bits per heavy atom. The lowest BCUT2D eigenvalue weighted by molar-refractivity contribution is -0.156. The number of urea groups is 1. The van der Waals surface area contributed by atoms with Gasteiger partial charge in [-0.2, -0.15) is 0 Å². The summed E-state index contributed by atoms with van der Waals surface area (Å²) < 4.78 is 0. The number of likely N-dealkylation sites (N-methyl/N-ethyl adjacent to an activating group) is 1. The predicted octanol–water partition coefficient (Wildman–Crippen LogP) is 4.03. The van der Waals surface area contributed by atoms with Gasteiger partial charge in [-0.3, -0.25) is 14.5 Å². The van der Waals surface area contributed by atoms with E-state index in [0.717, 1.165) is 36.1 Å². The quantitative estimate of drug-likeness (QED) is 0.586. The maximum Gasteiger partial charge on any atom is 0.325 e. The second-order valence-electron chi connectivity index (χ2n) is 9.57. The zero-order chi connectivity index (χ0) is 25.1. The first-order valence-corrected chi connectivity index (χ1v) is 12.5. The summed E-state index contributed by atoms with van der Waals surface area (Å²) in [6.45, 7) is 1.98. The number of likely N-dealkylation sites (tertiary alicyclic amines) is 1. The number of carbonyl (C=O) groups is 3. The van der Waals surface area contributed by atoms with Gasteiger partial charge in [-0.15, -0.1) is 0 Å². The first-order chi connectivity index (χ1) is 16.8. The normalized spacial score (nSPS) is 21.2. The van der Waals surface area contributed by atoms with Crippen LogP contribution in [0, 0.1) is 11.8 Å². The molecule has 9 heteroatoms. The number of rotatable bonds is 6. The van der Waals surface area contributed by atoms with Gasteiger partial charge in [0.15, 0.2) is 0 Å². The Morgan fingerprint density at radius 2 is 1.97 bits per heavy atom. The van der Waals surface area contributed by atoms with Crippen molar-refractivity contribution >= 4 is 41.0 Å². The van der Waals surface area contributed by atoms with E-state index in [1.165, 1.54) is 11.3 Å². The van der Waals surface area contributed by atoms with E-state index in [4.69, 9.17) is 17.3 Å². The number of aromatic nitrogens is 1. The Hall–Kier alpha value is -3.13. The number of imide groups is 1. The lowest BCUT2D eigenvalue weighted by atomic mass is 9.81. The first-order valence-electron chi connectivity index (χ1n) is 12.1. The van der Waals surface area contributed by atoms with Gasteiger partial charge < -0.3 is 16.0 Å². The van der Waals surface area contributed by atoms with Crippen LogP contribution in [0.2, 0.25) is 5.02 Å². The first kappa shape index (κ1) is 25.0. The number of nitrogen functional groups attached to an aromatic ring is 1. The maximum absolute atomic E-state index is 13.6. The Morgan fingerprint density at radius 3 is 2.66 bits per heavy atom. The number of nitrogens with one attached hydrogen (secondary N) is 1. The third kappa shape index (κ3) is 5.42. The number of halogens is 1. The smallest absolute Gasteiger partial charge is 0.325 e. The number of hydrogen-bond donors (Lipinski definition) is 2. The lowest BCUT2D eigenvalue weighted by Crippen LogP contribution is -2.71. The number of amides is 4. The van der Waals surface area contributed by atoms with Crippen LogP contribution < -0.4 is 16.0 Å². The summed E-state index contributed by atoms with van der Waals surface area (Å²) in [4.78, 5) is 46.6. The molecule has 0 unspecified atom stereocenters. The van der Waals surface area contributed by atoms with Crippen molar-refractivity contribution in [3.05, 3.63) is 53.2 Å². The zero-order valence-electron chi connectivity index (χ0n) is 20.1. The van der Waals surface area contributed by atoms with Crippen LogP contribution in [0.25, 0.3) is 0 Å². The van der Waals surface area contributed by atoms with Crippen molar-refractivity contribution in [2.75, 3.05) is 17.7 Å². The molecule has 1 aliphatic heterocycles. The summed E-state index contributed by atoms with van der Waals surface area (Å²) in [5.74, 6) is -0.681. The zero-order valence-corrected chi connectivity index (χ0v) is 20.9. The number of β-lactam (4-membered cyclic amide) rings is 1. The van der Waals surface area contributed by atoms with E-state index in [0.29, 0.717) is 22.4 Å². The number of anilines is 2. The van der Waals surface area contributed by atoms with Gasteiger partial charge in [0.05, 0.1) is 5.92 Å². The molecule has 4 amide bonds. The molecule has 2 fully saturated rings. The highest BCUT2D eigenvalue weighted by atomic mass is 35.5. The van der Waals surface area contributed by atoms with E-state index in [1.807, 2.05) is 6.92 Å². The van der Waals surface area contributed by atoms with Crippen LogP contribution in [0.1, 0.15) is 44.6 Å². The van der Waals surface area contributed by atoms with E-state index < -0.39 is 18.0 Å². The minimum Gasteiger partial charge on any atom is -0.384 e. The van der Waals surface area contributed by atoms with Gasteiger partial charge in [0.1, 0.15) is 11.9 Å². The van der Waals surface area contributed by atoms with Crippen LogP contribution in [0.4, 0.5) is 16.3 Å². The standard InChI is InChI=1S/C26H32ClN5O3/c1-16(18-7-4-3-5-8-18)30-26(35)32-23(25(34)31(2)20-10-6-9-19(27)15-20)21(24(32)33)13-17-11-12-29-22(28)14-17/h6,9-12,14-16,18,21,23H,3-5,7-8,13H2,1-2H3,(H2,28,29)(H,30,35)/t16-,21-,23+/m1/s1. The van der Waals surface area contributed by atoms with E-state index >= 15 is 0 Å². The average Bonchev–Trinajstić information content (AvgIpc) is 2.85. The van der Waals surface area contributed by atoms with Crippen molar-refractivity contribution in [1.29, 1.82) is 0 Å². The number of benzene rings is 1. The van der Waals surface area contributed by atoms with E-state index in [1.54, 1.807) is 49.6 Å². The van der Waals surface area contributed by atoms with Gasteiger partial charge in [-0.25, -0.2) is 9.78 Å². The van der Waals surface area contributed by atoms with Gasteiger partial charge >= 0.3 is 6.03 Å². The van der Waals surface area contributed by atoms with Crippen molar-refractivity contribution < 1.29 is 14.4 Å². The number of nitrogens with two attached hydrogens (primary N) is 1. The molecule has 1 saturated heterocycles. The third-order valence-corrected chi connectivity index (χ3v) is 7.46. The van der Waals surface area contributed by atoms with Crippen LogP contribution in [0.3, 0.4) is 0 Å². The molecule has 0 bridgehead atoms. The molecule has 1 aromatic heterocycles. The molecule has 2 heterocycles. The van der Waals surface area contributed by atoms with Crippen molar-refractivity contribution in [2.24, 2.45) is 11.8 Å². The van der Waals surface area contributed by atoms with Crippen LogP contribution in [0.5, 0.6) is 0 Å². The Kier molecular flexibility index (Phi) is 7.60. The summed E-state index contributed by atoms with van der Waals surface area (Å²) in [5, 5.41) is 3.48. The summed E-state index contributed by atoms with van der Waals surface area (Å²) in [7, 11) is 1.62. The van der Waals surface area contributed by atoms with Crippen LogP contribution >= 0.6 is 11.6 Å². The predicted molar refractivity (Wildman–Crippen MR) is 136 cm³/mol. The summed E-state index contributed by atoms with van der Waals surface area (Å²) in [6, 6.07) is 8.84. The molecule has 186 valence electrons. The van der Waals surface area contributed by atoms with Crippen molar-refractivity contribution in [1.82, 2.24) is 15.2 Å². The summed E-state index contributed by atoms with van der Waals surface area (Å²) >= 11 is 6.12. The molecule has 8 nitrogen and oxygen atoms in total. The fourth-order valence-electron chi connectivity index (χ4n) is 5.16. The molecule has 2 aromatic rings. The molecule has 1 aliphatic carbocycles. The number of nitrogens with zero attached hydrogens (tertiary/aromatic N) is 3. The van der Waals surface area contributed by atoms with Gasteiger partial charge in [0.25, 0.3) is 5.91 Å². The SMILES string of the molecule is C[C@@H](NC(=O)N1C(=O)[C@H](Cc2ccnc(N)c2)[C@H]1C(=O)N(C)c1cccc(Cl)c1)C1CCCCC1. The highest BCUT2D eigenvalue weighted by molar-refractivity contribution is 6.31. The highest BCUT2D eigenvalue weighted by Gasteiger charge is 2.55. The average molecular weight is 498 g/mol. The summed E-state index contributed by atoms with van der Waals surface area (Å²) in [6.07, 6.45) is 7.48. The fraction of sp³-hybridized carbons (Fsp3) is 0.462. The fourth-order valence-corrected chi connectivity index (χ4v) is 5.34. The van der Waals surface area contributed by atoms with Gasteiger partial charge in [0, 0.05) is 30.0 Å². The van der Waals surface area contributed by atoms with Gasteiger partial charge in [0.2, 0.25) is 5.91 Å². The van der Waals surface area contributed by atoms with Gasteiger partial charge in [-0.05, 0) is 68.0 Å². The molecule has 0 spiro atoms. The van der Waals surface area contributed by atoms with Crippen LogP contribution in [0.15, 0.2) is 42.6 Å². The monoisotopic (exact) mass is 497 g/mol. The van der Waals surface area contributed by atoms with Crippen molar-refractivity contribution in [2.45, 2.75) is 57.5 Å². The highest BCUT2D eigenvalue weighted by Crippen LogP contribution is 2.34. The number of pyridine rings is 1. The molecule has 4 rings (SSSR count). The molecule has 2 aliphatic rings. The lowest BCUT2D eigenvalue weighted by Gasteiger charge is -2.46. The number of carbonyl (C=O) groups excluding carboxylic acids is 3. The Bertz CT molecular complexity index is 1100. The Balaban J connectivity index is 1.56. The van der Waals surface area contributed by atoms with Crippen molar-refractivity contribution in [3.8, 4) is 0 Å². The largest absolute Gasteiger partial charge is 0.384 e. The maximum atomic E-state index is 13.6. The van der Waals surface area contributed by atoms with Gasteiger partial charge in [-0.1, -0.05) is 36.9 Å².